The zero-order valence-corrected chi connectivity index (χ0v) is 18.8. The molecule has 2 heterocycles. The Morgan fingerprint density at radius 2 is 1.85 bits per heavy atom. The van der Waals surface area contributed by atoms with Crippen LogP contribution in [-0.4, -0.2) is 38.0 Å². The van der Waals surface area contributed by atoms with Crippen LogP contribution in [0.15, 0.2) is 59.6 Å². The number of nitrogens with zero attached hydrogens (tertiary/aromatic N) is 2. The Morgan fingerprint density at radius 1 is 1.12 bits per heavy atom. The van der Waals surface area contributed by atoms with Crippen molar-refractivity contribution in [2.75, 3.05) is 20.3 Å². The summed E-state index contributed by atoms with van der Waals surface area (Å²) in [6.45, 7) is -0.00599. The smallest absolute Gasteiger partial charge is 0.416 e. The van der Waals surface area contributed by atoms with E-state index >= 15 is 0 Å². The predicted octanol–water partition coefficient (Wildman–Crippen LogP) is 5.01. The fourth-order valence-electron chi connectivity index (χ4n) is 3.48. The van der Waals surface area contributed by atoms with Crippen molar-refractivity contribution in [3.05, 3.63) is 70.9 Å². The number of benzene rings is 2. The summed E-state index contributed by atoms with van der Waals surface area (Å²) in [4.78, 5) is 4.05. The van der Waals surface area contributed by atoms with Gasteiger partial charge in [-0.1, -0.05) is 11.6 Å². The summed E-state index contributed by atoms with van der Waals surface area (Å²) in [5.41, 5.74) is 0.881. The number of pyridine rings is 1. The first kappa shape index (κ1) is 23.3. The first-order valence-corrected chi connectivity index (χ1v) is 11.5. The van der Waals surface area contributed by atoms with Crippen LogP contribution in [0.1, 0.15) is 11.1 Å². The Bertz CT molecular complexity index is 1260. The van der Waals surface area contributed by atoms with E-state index in [2.05, 4.69) is 4.98 Å². The highest BCUT2D eigenvalue weighted by atomic mass is 35.5. The Morgan fingerprint density at radius 3 is 2.45 bits per heavy atom. The summed E-state index contributed by atoms with van der Waals surface area (Å²) < 4.78 is 77.4. The van der Waals surface area contributed by atoms with Gasteiger partial charge in [-0.15, -0.1) is 0 Å². The van der Waals surface area contributed by atoms with Crippen molar-refractivity contribution in [1.82, 2.24) is 9.29 Å². The van der Waals surface area contributed by atoms with Gasteiger partial charge in [-0.25, -0.2) is 8.42 Å². The lowest BCUT2D eigenvalue weighted by molar-refractivity contribution is -0.137. The molecule has 6 nitrogen and oxygen atoms in total. The van der Waals surface area contributed by atoms with Crippen molar-refractivity contribution >= 4 is 21.6 Å². The standard InChI is InChI=1S/C22H18ClF3N2O4S/c1-31-20-11-14(19-7-4-17(23)12-27-19)10-15-13-28(8-9-32-21(15)20)33(29,30)18-5-2-16(3-6-18)22(24,25)26/h2-7,10-12H,8-9,13H2,1H3. The van der Waals surface area contributed by atoms with E-state index in [9.17, 15) is 21.6 Å². The van der Waals surface area contributed by atoms with E-state index < -0.39 is 21.8 Å². The third-order valence-electron chi connectivity index (χ3n) is 5.13. The highest BCUT2D eigenvalue weighted by Crippen LogP contribution is 2.39. The van der Waals surface area contributed by atoms with E-state index in [0.29, 0.717) is 33.3 Å². The number of aromatic nitrogens is 1. The van der Waals surface area contributed by atoms with Crippen LogP contribution in [0.3, 0.4) is 0 Å². The number of methoxy groups -OCH3 is 1. The van der Waals surface area contributed by atoms with Crippen LogP contribution in [0.25, 0.3) is 11.3 Å². The quantitative estimate of drug-likeness (QED) is 0.505. The third kappa shape index (κ3) is 4.78. The Balaban J connectivity index is 1.71. The average Bonchev–Trinajstić information content (AvgIpc) is 3.01. The van der Waals surface area contributed by atoms with Crippen LogP contribution in [0, 0.1) is 0 Å². The molecule has 0 atom stereocenters. The minimum atomic E-state index is -4.56. The topological polar surface area (TPSA) is 68.7 Å². The van der Waals surface area contributed by atoms with Gasteiger partial charge < -0.3 is 9.47 Å². The van der Waals surface area contributed by atoms with Crippen LogP contribution in [0.4, 0.5) is 13.2 Å². The molecule has 4 rings (SSSR count). The number of alkyl halides is 3. The molecular weight excluding hydrogens is 481 g/mol. The second-order valence-corrected chi connectivity index (χ2v) is 9.61. The SMILES string of the molecule is COc1cc(-c2ccc(Cl)cn2)cc2c1OCCN(S(=O)(=O)c1ccc(C(F)(F)F)cc1)C2. The second kappa shape index (κ2) is 8.85. The van der Waals surface area contributed by atoms with Gasteiger partial charge in [0.15, 0.2) is 11.5 Å². The molecule has 0 unspecified atom stereocenters. The molecule has 0 aliphatic carbocycles. The van der Waals surface area contributed by atoms with Crippen molar-refractivity contribution in [2.24, 2.45) is 0 Å². The highest BCUT2D eigenvalue weighted by molar-refractivity contribution is 7.89. The van der Waals surface area contributed by atoms with E-state index in [1.165, 1.54) is 17.6 Å². The van der Waals surface area contributed by atoms with Crippen molar-refractivity contribution in [1.29, 1.82) is 0 Å². The summed E-state index contributed by atoms with van der Waals surface area (Å²) in [5.74, 6) is 0.813. The van der Waals surface area contributed by atoms with Gasteiger partial charge in [-0.2, -0.15) is 17.5 Å². The normalized spacial score (nSPS) is 14.8. The van der Waals surface area contributed by atoms with Gasteiger partial charge in [0.25, 0.3) is 0 Å². The molecule has 3 aromatic rings. The molecular formula is C22H18ClF3N2O4S. The zero-order chi connectivity index (χ0) is 23.8. The molecule has 1 aliphatic rings. The first-order chi connectivity index (χ1) is 15.6. The Labute approximate surface area is 193 Å². The minimum Gasteiger partial charge on any atom is -0.493 e. The number of fused-ring (bicyclic) bond motifs is 1. The molecule has 174 valence electrons. The molecule has 2 aromatic carbocycles. The first-order valence-electron chi connectivity index (χ1n) is 9.72. The van der Waals surface area contributed by atoms with Gasteiger partial charge in [0.05, 0.1) is 28.3 Å². The molecule has 0 spiro atoms. The van der Waals surface area contributed by atoms with Crippen molar-refractivity contribution in [3.63, 3.8) is 0 Å². The number of rotatable bonds is 4. The lowest BCUT2D eigenvalue weighted by Crippen LogP contribution is -2.32. The van der Waals surface area contributed by atoms with Crippen LogP contribution in [0.5, 0.6) is 11.5 Å². The summed E-state index contributed by atoms with van der Waals surface area (Å²) in [6, 6.07) is 10.3. The molecule has 0 amide bonds. The van der Waals surface area contributed by atoms with Crippen molar-refractivity contribution in [2.45, 2.75) is 17.6 Å². The number of ether oxygens (including phenoxy) is 2. The van der Waals surface area contributed by atoms with E-state index in [0.717, 1.165) is 24.3 Å². The van der Waals surface area contributed by atoms with E-state index in [-0.39, 0.29) is 24.6 Å². The molecule has 0 N–H and O–H groups in total. The van der Waals surface area contributed by atoms with Crippen LogP contribution < -0.4 is 9.47 Å². The van der Waals surface area contributed by atoms with Crippen LogP contribution in [-0.2, 0) is 22.7 Å². The molecule has 0 saturated carbocycles. The molecule has 0 saturated heterocycles. The number of hydrogen-bond acceptors (Lipinski definition) is 5. The van der Waals surface area contributed by atoms with E-state index in [1.54, 1.807) is 24.3 Å². The fraction of sp³-hybridized carbons (Fsp3) is 0.227. The van der Waals surface area contributed by atoms with E-state index in [1.807, 2.05) is 0 Å². The van der Waals surface area contributed by atoms with E-state index in [4.69, 9.17) is 21.1 Å². The monoisotopic (exact) mass is 498 g/mol. The molecule has 0 bridgehead atoms. The molecule has 0 radical (unpaired) electrons. The van der Waals surface area contributed by atoms with Gasteiger partial charge in [-0.3, -0.25) is 4.98 Å². The number of hydrogen-bond donors (Lipinski definition) is 0. The Kier molecular flexibility index (Phi) is 6.26. The van der Waals surface area contributed by atoms with Crippen molar-refractivity contribution < 1.29 is 31.1 Å². The lowest BCUT2D eigenvalue weighted by Gasteiger charge is -2.20. The third-order valence-corrected chi connectivity index (χ3v) is 7.21. The lowest BCUT2D eigenvalue weighted by atomic mass is 10.1. The number of halogens is 4. The second-order valence-electron chi connectivity index (χ2n) is 7.24. The van der Waals surface area contributed by atoms with Gasteiger partial charge in [0.2, 0.25) is 10.0 Å². The Hall–Kier alpha value is -2.82. The van der Waals surface area contributed by atoms with Gasteiger partial charge in [0.1, 0.15) is 6.61 Å². The maximum atomic E-state index is 13.2. The summed E-state index contributed by atoms with van der Waals surface area (Å²) in [5, 5.41) is 0.470. The van der Waals surface area contributed by atoms with Gasteiger partial charge in [-0.05, 0) is 48.5 Å². The molecule has 0 fully saturated rings. The maximum absolute atomic E-state index is 13.2. The minimum absolute atomic E-state index is 0.00964. The fourth-order valence-corrected chi connectivity index (χ4v) is 4.99. The molecule has 1 aromatic heterocycles. The molecule has 11 heteroatoms. The summed E-state index contributed by atoms with van der Waals surface area (Å²) >= 11 is 5.91. The predicted molar refractivity (Wildman–Crippen MR) is 116 cm³/mol. The van der Waals surface area contributed by atoms with Gasteiger partial charge in [0, 0.05) is 30.4 Å². The summed E-state index contributed by atoms with van der Waals surface area (Å²) in [7, 11) is -2.61. The molecule has 1 aliphatic heterocycles. The molecule has 33 heavy (non-hydrogen) atoms. The van der Waals surface area contributed by atoms with Gasteiger partial charge >= 0.3 is 6.18 Å². The van der Waals surface area contributed by atoms with Crippen LogP contribution >= 0.6 is 11.6 Å². The van der Waals surface area contributed by atoms with Crippen LogP contribution in [0.2, 0.25) is 5.02 Å². The summed E-state index contributed by atoms with van der Waals surface area (Å²) in [6.07, 6.45) is -3.06. The largest absolute Gasteiger partial charge is 0.493 e. The van der Waals surface area contributed by atoms with Crippen molar-refractivity contribution in [3.8, 4) is 22.8 Å². The zero-order valence-electron chi connectivity index (χ0n) is 17.3. The highest BCUT2D eigenvalue weighted by Gasteiger charge is 2.33. The number of sulfonamides is 1. The maximum Gasteiger partial charge on any atom is 0.416 e. The average molecular weight is 499 g/mol.